The summed E-state index contributed by atoms with van der Waals surface area (Å²) in [6.45, 7) is 3.95. The maximum Gasteiger partial charge on any atom is 0.261 e. The van der Waals surface area contributed by atoms with Crippen molar-refractivity contribution in [3.8, 4) is 34.4 Å². The van der Waals surface area contributed by atoms with E-state index in [4.69, 9.17) is 29.8 Å². The predicted octanol–water partition coefficient (Wildman–Crippen LogP) is 29.3. The Labute approximate surface area is 610 Å². The van der Waals surface area contributed by atoms with Gasteiger partial charge in [-0.3, -0.25) is 23.4 Å². The Hall–Kier alpha value is -5.97. The van der Waals surface area contributed by atoms with Gasteiger partial charge in [0.05, 0.1) is 27.2 Å². The van der Waals surface area contributed by atoms with Gasteiger partial charge in [-0.15, -0.1) is 0 Å². The van der Waals surface area contributed by atoms with Crippen LogP contribution >= 0.6 is 23.2 Å². The van der Waals surface area contributed by atoms with Crippen molar-refractivity contribution in [1.29, 1.82) is 10.5 Å². The van der Waals surface area contributed by atoms with E-state index in [-0.39, 0.29) is 291 Å². The zero-order valence-corrected chi connectivity index (χ0v) is 32.9. The number of fused-ring (bicyclic) bond motifs is 2. The van der Waals surface area contributed by atoms with E-state index in [1.54, 1.807) is 48.8 Å². The predicted molar refractivity (Wildman–Crippen MR) is 468 cm³/mol. The lowest BCUT2D eigenvalue weighted by molar-refractivity contribution is 0.242. The fraction of sp³-hybridized carbons (Fsp3) is 0.636. The van der Waals surface area contributed by atoms with Crippen molar-refractivity contribution in [3.05, 3.63) is 104 Å². The van der Waals surface area contributed by atoms with Gasteiger partial charge in [0.2, 0.25) is 11.9 Å². The first-order valence-electron chi connectivity index (χ1n) is 19.3. The van der Waals surface area contributed by atoms with Gasteiger partial charge in [-0.2, -0.15) is 20.5 Å². The van der Waals surface area contributed by atoms with Gasteiger partial charge in [-0.05, 0) is 63.0 Å². The summed E-state index contributed by atoms with van der Waals surface area (Å²) in [6, 6.07) is 22.7. The van der Waals surface area contributed by atoms with Crippen LogP contribution in [0.2, 0.25) is 10.0 Å². The molecule has 0 aliphatic carbocycles. The molecule has 2 fully saturated rings. The third-order valence-electron chi connectivity index (χ3n) is 9.86. The van der Waals surface area contributed by atoms with E-state index in [9.17, 15) is 19.2 Å². The highest BCUT2D eigenvalue weighted by molar-refractivity contribution is 6.33. The third kappa shape index (κ3) is 51.4. The van der Waals surface area contributed by atoms with E-state index in [1.807, 2.05) is 30.3 Å². The number of benzene rings is 2. The maximum atomic E-state index is 13.2. The lowest BCUT2D eigenvalue weighted by atomic mass is 10.1. The SMILES string of the molecule is C.C.C.C.C.C.C.C.C.C.C.C.C.C.C.C.C.C.C.C.C.C.C.C.C.C.C.C.C.C.C.C.C.C.C.C.N#CCN1CCC(Nc2ncc3cc(-c4ccccc4Cl)c(=O)n(CC#N)c3n2)CC1.O=c1[nH]c2nc(NC3CCNCC3)ncc2cc1-c1ccccc1Cl.[2H]CF. The number of piperidine rings is 2. The molecule has 0 atom stereocenters. The second-order valence-electron chi connectivity index (χ2n) is 13.6. The monoisotopic (exact) mass is 1400 g/mol. The summed E-state index contributed by atoms with van der Waals surface area (Å²) in [5.74, 6) is 0.961. The van der Waals surface area contributed by atoms with Crippen LogP contribution in [-0.4, -0.2) is 86.3 Å². The second kappa shape index (κ2) is 101. The summed E-state index contributed by atoms with van der Waals surface area (Å²) in [7, 11) is -1.00. The average molecular weight is 1400 g/mol. The summed E-state index contributed by atoms with van der Waals surface area (Å²) in [5, 5.41) is 30.5. The molecule has 586 valence electrons. The zero-order valence-electron chi connectivity index (χ0n) is 32.4. The largest absolute Gasteiger partial charge is 0.351 e. The van der Waals surface area contributed by atoms with Crippen LogP contribution in [0.1, 0.15) is 294 Å². The number of H-pyrrole nitrogens is 1. The molecule has 0 unspecified atom stereocenters. The molecule has 6 aromatic rings. The lowest BCUT2D eigenvalue weighted by Crippen LogP contribution is -2.39. The molecule has 2 aliphatic heterocycles. The average Bonchev–Trinajstić information content (AvgIpc) is 3.24. The highest BCUT2D eigenvalue weighted by Crippen LogP contribution is 2.28. The number of halogens is 3. The summed E-state index contributed by atoms with van der Waals surface area (Å²) >= 11 is 12.5. The summed E-state index contributed by atoms with van der Waals surface area (Å²) in [6.07, 6.45) is 7.19. The molecule has 14 nitrogen and oxygen atoms in total. The number of aromatic amines is 1. The molecule has 2 saturated heterocycles. The molecular weight excluding hydrogens is 1210 g/mol. The number of nitrogens with zero attached hydrogens (tertiary/aromatic N) is 8. The summed E-state index contributed by atoms with van der Waals surface area (Å²) in [5.41, 5.74) is 2.61. The van der Waals surface area contributed by atoms with E-state index in [0.717, 1.165) is 57.2 Å². The number of anilines is 2. The van der Waals surface area contributed by atoms with Crippen molar-refractivity contribution >= 4 is 57.2 Å². The van der Waals surface area contributed by atoms with Gasteiger partial charge in [0, 0.05) is 80.6 Å². The number of likely N-dealkylation sites (tertiary alicyclic amines) is 1. The van der Waals surface area contributed by atoms with Crippen LogP contribution in [0, 0.1) is 22.7 Å². The molecule has 17 heteroatoms. The molecule has 0 amide bonds. The van der Waals surface area contributed by atoms with E-state index in [1.165, 1.54) is 4.57 Å². The fourth-order valence-electron chi connectivity index (χ4n) is 6.93. The molecule has 0 radical (unpaired) electrons. The minimum atomic E-state index is -1.00. The molecule has 94 heavy (non-hydrogen) atoms. The van der Waals surface area contributed by atoms with E-state index >= 15 is 0 Å². The van der Waals surface area contributed by atoms with E-state index < -0.39 is 7.15 Å². The Bertz CT molecular complexity index is 2610. The van der Waals surface area contributed by atoms with Gasteiger partial charge in [-0.1, -0.05) is 327 Å². The number of hydrogen-bond donors (Lipinski definition) is 4. The molecule has 8 rings (SSSR count). The Morgan fingerprint density at radius 2 is 0.851 bits per heavy atom. The first-order chi connectivity index (χ1) is 28.7. The topological polar surface area (TPSA) is 193 Å². The van der Waals surface area contributed by atoms with Crippen LogP contribution in [0.5, 0.6) is 0 Å². The Morgan fingerprint density at radius 1 is 0.511 bits per heavy atom. The zero-order chi connectivity index (χ0) is 41.7. The normalized spacial score (nSPS) is 9.18. The Balaban J connectivity index is -0.0000000210. The number of hydrogen-bond acceptors (Lipinski definition) is 12. The molecular formula is C77H185Cl2FN12O2. The van der Waals surface area contributed by atoms with Crippen LogP contribution in [0.4, 0.5) is 16.3 Å². The molecule has 0 saturated carbocycles. The van der Waals surface area contributed by atoms with Crippen LogP contribution in [0.15, 0.2) is 82.6 Å². The van der Waals surface area contributed by atoms with Crippen molar-refractivity contribution < 1.29 is 5.76 Å². The van der Waals surface area contributed by atoms with Crippen molar-refractivity contribution in [2.75, 3.05) is 50.5 Å². The first-order valence-corrected chi connectivity index (χ1v) is 19.3. The van der Waals surface area contributed by atoms with Crippen molar-refractivity contribution in [1.82, 2.24) is 39.7 Å². The number of rotatable bonds is 8. The Kier molecular flexibility index (Phi) is 212. The molecule has 0 spiro atoms. The van der Waals surface area contributed by atoms with Gasteiger partial charge in [0.15, 0.2) is 0 Å². The minimum Gasteiger partial charge on any atom is -0.351 e. The summed E-state index contributed by atoms with van der Waals surface area (Å²) < 4.78 is 16.9. The van der Waals surface area contributed by atoms with Crippen molar-refractivity contribution in [2.24, 2.45) is 0 Å². The highest BCUT2D eigenvalue weighted by atomic mass is 35.5. The van der Waals surface area contributed by atoms with Crippen LogP contribution < -0.4 is 27.1 Å². The standard InChI is InChI=1S/C22H20ClN7O.C18H18ClN5O.CH3F.36CH4/c23-19-4-2-1-3-17(19)18-13-15-14-26-22(28-20(15)30(12-8-25)21(18)31)27-16-5-9-29(10-6-16)11-7-24;19-15-4-2-1-3-13(15)14-9-11-10-21-18(24-16(11)23-17(14)25)22-12-5-7-20-8-6-12;1-2;;;;;;;;;;;;;;;;;;;;;;;;;;;;;;;;;;;;/h1-4,13-14,16H,5-6,9-12H2,(H,26,27,28);1-4,9-10,12,20H,5-8H2,(H2,21,22,23,24,25);1H3;36*1H4/i;;1D;;;;;;;;;;;;;;;;;;;;;;;;;;;;;;;;;;;;. The van der Waals surface area contributed by atoms with Crippen LogP contribution in [0.25, 0.3) is 44.3 Å². The smallest absolute Gasteiger partial charge is 0.261 e. The number of aromatic nitrogens is 6. The fourth-order valence-corrected chi connectivity index (χ4v) is 7.40. The number of nitrogens with one attached hydrogen (secondary N) is 4. The van der Waals surface area contributed by atoms with Gasteiger partial charge < -0.3 is 20.9 Å². The van der Waals surface area contributed by atoms with Gasteiger partial charge in [-0.25, -0.2) is 9.97 Å². The quantitative estimate of drug-likeness (QED) is 0.106. The molecule has 4 N–H and O–H groups in total. The minimum absolute atomic E-state index is 0. The molecule has 4 aromatic heterocycles. The third-order valence-corrected chi connectivity index (χ3v) is 10.5. The van der Waals surface area contributed by atoms with Crippen LogP contribution in [-0.2, 0) is 6.54 Å². The molecule has 2 aliphatic rings. The lowest BCUT2D eigenvalue weighted by Gasteiger charge is -2.30. The van der Waals surface area contributed by atoms with Crippen LogP contribution in [0.3, 0.4) is 0 Å². The van der Waals surface area contributed by atoms with Gasteiger partial charge in [0.25, 0.3) is 11.1 Å². The van der Waals surface area contributed by atoms with Gasteiger partial charge >= 0.3 is 0 Å². The first kappa shape index (κ1) is 198. The van der Waals surface area contributed by atoms with Crippen molar-refractivity contribution in [3.63, 3.8) is 0 Å². The number of alkyl halides is 1. The van der Waals surface area contributed by atoms with E-state index in [2.05, 4.69) is 51.8 Å². The number of nitriles is 2. The Morgan fingerprint density at radius 3 is 1.23 bits per heavy atom. The molecule has 2 aromatic carbocycles. The van der Waals surface area contributed by atoms with Gasteiger partial charge in [0.1, 0.15) is 17.8 Å². The second-order valence-corrected chi connectivity index (χ2v) is 14.4. The van der Waals surface area contributed by atoms with Crippen molar-refractivity contribution in [2.45, 2.75) is 312 Å². The molecule has 0 bridgehead atoms. The number of pyridine rings is 2. The van der Waals surface area contributed by atoms with E-state index in [0.29, 0.717) is 73.5 Å². The summed E-state index contributed by atoms with van der Waals surface area (Å²) in [4.78, 5) is 48.4. The maximum absolute atomic E-state index is 13.2. The molecule has 6 heterocycles. The highest BCUT2D eigenvalue weighted by Gasteiger charge is 2.21.